The zero-order chi connectivity index (χ0) is 13.8. The summed E-state index contributed by atoms with van der Waals surface area (Å²) in [5, 5.41) is 2.79. The summed E-state index contributed by atoms with van der Waals surface area (Å²) in [6.45, 7) is 1.94. The van der Waals surface area contributed by atoms with Crippen LogP contribution in [0, 0.1) is 6.92 Å². The summed E-state index contributed by atoms with van der Waals surface area (Å²) in [5.74, 6) is 0.331. The van der Waals surface area contributed by atoms with Gasteiger partial charge in [-0.1, -0.05) is 12.1 Å². The Morgan fingerprint density at radius 1 is 1.32 bits per heavy atom. The molecule has 4 nitrogen and oxygen atoms in total. The molecule has 0 aliphatic carbocycles. The molecule has 0 fully saturated rings. The molecule has 2 rings (SSSR count). The maximum Gasteiger partial charge on any atom is 0.256 e. The van der Waals surface area contributed by atoms with Gasteiger partial charge in [-0.05, 0) is 40.5 Å². The van der Waals surface area contributed by atoms with Crippen molar-refractivity contribution in [2.45, 2.75) is 6.92 Å². The molecular formula is C14H13BrN2O2. The largest absolute Gasteiger partial charge is 0.481 e. The van der Waals surface area contributed by atoms with Gasteiger partial charge in [-0.15, -0.1) is 0 Å². The Balaban J connectivity index is 2.18. The maximum absolute atomic E-state index is 12.1. The molecule has 0 radical (unpaired) electrons. The fourth-order valence-corrected chi connectivity index (χ4v) is 2.04. The number of aromatic nitrogens is 1. The lowest BCUT2D eigenvalue weighted by Crippen LogP contribution is -2.13. The Labute approximate surface area is 119 Å². The number of carbonyl (C=O) groups excluding carboxylic acids is 1. The van der Waals surface area contributed by atoms with Gasteiger partial charge in [0.1, 0.15) is 0 Å². The lowest BCUT2D eigenvalue weighted by molar-refractivity contribution is 0.102. The van der Waals surface area contributed by atoms with Gasteiger partial charge in [0.25, 0.3) is 5.91 Å². The third-order valence-electron chi connectivity index (χ3n) is 2.64. The zero-order valence-corrected chi connectivity index (χ0v) is 12.2. The van der Waals surface area contributed by atoms with Crippen LogP contribution >= 0.6 is 15.9 Å². The molecule has 0 aliphatic rings. The van der Waals surface area contributed by atoms with Crippen LogP contribution in [0.2, 0.25) is 0 Å². The molecule has 0 atom stereocenters. The number of amides is 1. The highest BCUT2D eigenvalue weighted by Crippen LogP contribution is 2.22. The second-order valence-corrected chi connectivity index (χ2v) is 4.77. The van der Waals surface area contributed by atoms with Crippen LogP contribution in [0.15, 0.2) is 41.0 Å². The van der Waals surface area contributed by atoms with E-state index < -0.39 is 0 Å². The van der Waals surface area contributed by atoms with Gasteiger partial charge in [0.05, 0.1) is 24.6 Å². The van der Waals surface area contributed by atoms with E-state index in [4.69, 9.17) is 4.74 Å². The summed E-state index contributed by atoms with van der Waals surface area (Å²) in [7, 11) is 1.55. The molecule has 19 heavy (non-hydrogen) atoms. The number of carbonyl (C=O) groups is 1. The Morgan fingerprint density at radius 2 is 2.11 bits per heavy atom. The van der Waals surface area contributed by atoms with Crippen LogP contribution in [-0.4, -0.2) is 18.0 Å². The minimum absolute atomic E-state index is 0.178. The quantitative estimate of drug-likeness (QED) is 0.942. The number of anilines is 1. The smallest absolute Gasteiger partial charge is 0.256 e. The third-order valence-corrected chi connectivity index (χ3v) is 3.69. The van der Waals surface area contributed by atoms with Gasteiger partial charge in [-0.2, -0.15) is 0 Å². The first-order valence-corrected chi connectivity index (χ1v) is 6.47. The lowest BCUT2D eigenvalue weighted by Gasteiger charge is -2.08. The average molecular weight is 321 g/mol. The molecule has 1 aromatic carbocycles. The molecule has 1 aromatic heterocycles. The number of nitrogens with zero attached hydrogens (tertiary/aromatic N) is 1. The van der Waals surface area contributed by atoms with Gasteiger partial charge in [0, 0.05) is 10.5 Å². The van der Waals surface area contributed by atoms with E-state index in [0.717, 1.165) is 10.0 Å². The van der Waals surface area contributed by atoms with E-state index >= 15 is 0 Å². The third kappa shape index (κ3) is 3.12. The van der Waals surface area contributed by atoms with E-state index in [0.29, 0.717) is 17.1 Å². The topological polar surface area (TPSA) is 51.2 Å². The van der Waals surface area contributed by atoms with Gasteiger partial charge in [-0.3, -0.25) is 4.79 Å². The Hall–Kier alpha value is -1.88. The minimum Gasteiger partial charge on any atom is -0.481 e. The molecule has 1 heterocycles. The maximum atomic E-state index is 12.1. The summed E-state index contributed by atoms with van der Waals surface area (Å²) in [6.07, 6.45) is 1.56. The van der Waals surface area contributed by atoms with Crippen molar-refractivity contribution >= 4 is 27.5 Å². The van der Waals surface area contributed by atoms with Crippen molar-refractivity contribution < 1.29 is 9.53 Å². The summed E-state index contributed by atoms with van der Waals surface area (Å²) < 4.78 is 5.76. The Bertz CT molecular complexity index is 597. The number of aryl methyl sites for hydroxylation is 1. The normalized spacial score (nSPS) is 10.1. The number of nitrogens with one attached hydrogen (secondary N) is 1. The van der Waals surface area contributed by atoms with E-state index in [1.54, 1.807) is 31.5 Å². The number of hydrogen-bond acceptors (Lipinski definition) is 3. The van der Waals surface area contributed by atoms with Crippen molar-refractivity contribution in [2.75, 3.05) is 12.4 Å². The number of halogens is 1. The Kier molecular flexibility index (Phi) is 4.16. The molecule has 0 saturated heterocycles. The number of methoxy groups -OCH3 is 1. The molecule has 2 aromatic rings. The lowest BCUT2D eigenvalue weighted by atomic mass is 10.1. The first kappa shape index (κ1) is 13.5. The van der Waals surface area contributed by atoms with E-state index in [9.17, 15) is 4.79 Å². The number of pyridine rings is 1. The molecule has 0 spiro atoms. The first-order chi connectivity index (χ1) is 9.11. The molecule has 98 valence electrons. The Morgan fingerprint density at radius 3 is 2.74 bits per heavy atom. The summed E-state index contributed by atoms with van der Waals surface area (Å²) in [4.78, 5) is 16.2. The predicted molar refractivity (Wildman–Crippen MR) is 77.6 cm³/mol. The minimum atomic E-state index is -0.178. The van der Waals surface area contributed by atoms with Gasteiger partial charge in [-0.25, -0.2) is 4.98 Å². The van der Waals surface area contributed by atoms with Gasteiger partial charge in [0.15, 0.2) is 0 Å². The highest BCUT2D eigenvalue weighted by atomic mass is 79.9. The van der Waals surface area contributed by atoms with Gasteiger partial charge < -0.3 is 10.1 Å². The van der Waals surface area contributed by atoms with E-state index in [-0.39, 0.29) is 5.91 Å². The SMILES string of the molecule is COc1ccc(NC(=O)c2cccc(C)c2Br)cn1. The van der Waals surface area contributed by atoms with Crippen LogP contribution in [0.4, 0.5) is 5.69 Å². The summed E-state index contributed by atoms with van der Waals surface area (Å²) >= 11 is 3.42. The van der Waals surface area contributed by atoms with Crippen LogP contribution in [0.3, 0.4) is 0 Å². The van der Waals surface area contributed by atoms with Crippen LogP contribution in [-0.2, 0) is 0 Å². The highest BCUT2D eigenvalue weighted by molar-refractivity contribution is 9.10. The molecule has 0 saturated carbocycles. The monoisotopic (exact) mass is 320 g/mol. The first-order valence-electron chi connectivity index (χ1n) is 5.68. The molecule has 0 unspecified atom stereocenters. The van der Waals surface area contributed by atoms with Crippen molar-refractivity contribution in [3.63, 3.8) is 0 Å². The van der Waals surface area contributed by atoms with Crippen LogP contribution in [0.5, 0.6) is 5.88 Å². The van der Waals surface area contributed by atoms with E-state index in [2.05, 4.69) is 26.2 Å². The number of rotatable bonds is 3. The molecule has 5 heteroatoms. The van der Waals surface area contributed by atoms with E-state index in [1.807, 2.05) is 19.1 Å². The molecular weight excluding hydrogens is 308 g/mol. The van der Waals surface area contributed by atoms with Crippen molar-refractivity contribution in [2.24, 2.45) is 0 Å². The standard InChI is InChI=1S/C14H13BrN2O2/c1-9-4-3-5-11(13(9)15)14(18)17-10-6-7-12(19-2)16-8-10/h3-8H,1-2H3,(H,17,18). The van der Waals surface area contributed by atoms with Crippen molar-refractivity contribution in [3.8, 4) is 5.88 Å². The van der Waals surface area contributed by atoms with Crippen LogP contribution in [0.1, 0.15) is 15.9 Å². The predicted octanol–water partition coefficient (Wildman–Crippen LogP) is 3.41. The number of benzene rings is 1. The van der Waals surface area contributed by atoms with Crippen molar-refractivity contribution in [1.29, 1.82) is 0 Å². The molecule has 1 amide bonds. The fraction of sp³-hybridized carbons (Fsp3) is 0.143. The molecule has 0 bridgehead atoms. The van der Waals surface area contributed by atoms with Gasteiger partial charge >= 0.3 is 0 Å². The average Bonchev–Trinajstić information content (AvgIpc) is 2.42. The zero-order valence-electron chi connectivity index (χ0n) is 10.6. The molecule has 1 N–H and O–H groups in total. The number of hydrogen-bond donors (Lipinski definition) is 1. The summed E-state index contributed by atoms with van der Waals surface area (Å²) in [6, 6.07) is 8.99. The van der Waals surface area contributed by atoms with Crippen LogP contribution < -0.4 is 10.1 Å². The number of ether oxygens (including phenoxy) is 1. The fourth-order valence-electron chi connectivity index (χ4n) is 1.60. The second-order valence-electron chi connectivity index (χ2n) is 3.98. The summed E-state index contributed by atoms with van der Waals surface area (Å²) in [5.41, 5.74) is 2.23. The molecule has 0 aliphatic heterocycles. The second kappa shape index (κ2) is 5.84. The van der Waals surface area contributed by atoms with E-state index in [1.165, 1.54) is 0 Å². The van der Waals surface area contributed by atoms with Crippen LogP contribution in [0.25, 0.3) is 0 Å². The highest BCUT2D eigenvalue weighted by Gasteiger charge is 2.11. The van der Waals surface area contributed by atoms with Crippen molar-refractivity contribution in [1.82, 2.24) is 4.98 Å². The van der Waals surface area contributed by atoms with Crippen molar-refractivity contribution in [3.05, 3.63) is 52.1 Å². The van der Waals surface area contributed by atoms with Gasteiger partial charge in [0.2, 0.25) is 5.88 Å².